The highest BCUT2D eigenvalue weighted by Gasteiger charge is 2.18. The quantitative estimate of drug-likeness (QED) is 0.0597. The molecule has 4 N–H and O–H groups in total. The Morgan fingerprint density at radius 1 is 0.638 bits per heavy atom. The minimum absolute atomic E-state index is 0.119. The summed E-state index contributed by atoms with van der Waals surface area (Å²) in [4.78, 5) is 33.1. The van der Waals surface area contributed by atoms with Gasteiger partial charge in [-0.1, -0.05) is 6.07 Å². The van der Waals surface area contributed by atoms with Crippen LogP contribution in [-0.2, 0) is 0 Å². The van der Waals surface area contributed by atoms with Crippen molar-refractivity contribution in [1.82, 2.24) is 24.9 Å². The molecule has 5 heterocycles. The maximum atomic E-state index is 11.2. The van der Waals surface area contributed by atoms with E-state index in [-0.39, 0.29) is 11.4 Å². The molecular formula is C40H35N9O7S2. The first-order valence-corrected chi connectivity index (χ1v) is 19.0. The highest BCUT2D eigenvalue weighted by Crippen LogP contribution is 2.39. The summed E-state index contributed by atoms with van der Waals surface area (Å²) >= 11 is 3.04. The molecule has 8 aromatic rings. The lowest BCUT2D eigenvalue weighted by Gasteiger charge is -2.10. The van der Waals surface area contributed by atoms with Crippen molar-refractivity contribution < 1.29 is 28.6 Å². The predicted molar refractivity (Wildman–Crippen MR) is 227 cm³/mol. The second-order valence-electron chi connectivity index (χ2n) is 12.1. The molecule has 8 rings (SSSR count). The number of benzene rings is 3. The molecule has 0 saturated carbocycles. The van der Waals surface area contributed by atoms with Gasteiger partial charge in [0.25, 0.3) is 5.69 Å². The summed E-state index contributed by atoms with van der Waals surface area (Å²) in [5.41, 5.74) is 12.1. The van der Waals surface area contributed by atoms with Gasteiger partial charge in [-0.05, 0) is 48.0 Å². The number of nitrogens with one attached hydrogen (secondary N) is 2. The van der Waals surface area contributed by atoms with Crippen LogP contribution in [0.2, 0.25) is 0 Å². The fraction of sp³-hybridized carbons (Fsp3) is 0.125. The van der Waals surface area contributed by atoms with Crippen molar-refractivity contribution in [2.24, 2.45) is 0 Å². The van der Waals surface area contributed by atoms with Crippen LogP contribution >= 0.6 is 22.7 Å². The van der Waals surface area contributed by atoms with Crippen LogP contribution in [0.1, 0.15) is 0 Å². The minimum atomic E-state index is -0.494. The maximum absolute atomic E-state index is 11.2. The van der Waals surface area contributed by atoms with E-state index >= 15 is 0 Å². The van der Waals surface area contributed by atoms with Gasteiger partial charge in [0.05, 0.1) is 73.3 Å². The zero-order chi connectivity index (χ0) is 40.8. The Kier molecular flexibility index (Phi) is 11.6. The Balaban J connectivity index is 0.000000177. The molecule has 0 bridgehead atoms. The van der Waals surface area contributed by atoms with Gasteiger partial charge in [0, 0.05) is 63.2 Å². The van der Waals surface area contributed by atoms with Gasteiger partial charge in [0.1, 0.15) is 5.69 Å². The number of rotatable bonds is 12. The Bertz CT molecular complexity index is 2760. The second-order valence-corrected chi connectivity index (χ2v) is 13.9. The first-order chi connectivity index (χ1) is 28.2. The van der Waals surface area contributed by atoms with Crippen molar-refractivity contribution in [3.63, 3.8) is 0 Å². The van der Waals surface area contributed by atoms with E-state index in [0.717, 1.165) is 43.0 Å². The lowest BCUT2D eigenvalue weighted by molar-refractivity contribution is -0.383. The number of thiophene rings is 2. The number of hydrogen-bond donors (Lipinski definition) is 3. The Morgan fingerprint density at radius 2 is 1.19 bits per heavy atom. The summed E-state index contributed by atoms with van der Waals surface area (Å²) in [5, 5.41) is 21.5. The molecule has 0 saturated heterocycles. The van der Waals surface area contributed by atoms with E-state index in [1.165, 1.54) is 23.5 Å². The molecule has 18 heteroatoms. The van der Waals surface area contributed by atoms with E-state index in [4.69, 9.17) is 34.4 Å². The molecule has 0 fully saturated rings. The topological polar surface area (TPSA) is 204 Å². The number of ether oxygens (including phenoxy) is 5. The van der Waals surface area contributed by atoms with Crippen molar-refractivity contribution in [1.29, 1.82) is 0 Å². The van der Waals surface area contributed by atoms with E-state index in [9.17, 15) is 10.1 Å². The van der Waals surface area contributed by atoms with Crippen LogP contribution in [0.4, 0.5) is 34.6 Å². The second kappa shape index (κ2) is 17.2. The van der Waals surface area contributed by atoms with Crippen LogP contribution in [0.15, 0.2) is 96.1 Å². The van der Waals surface area contributed by atoms with Crippen molar-refractivity contribution in [2.75, 3.05) is 51.9 Å². The van der Waals surface area contributed by atoms with Crippen molar-refractivity contribution in [3.05, 3.63) is 106 Å². The fourth-order valence-corrected chi connectivity index (χ4v) is 7.62. The number of aromatic nitrogens is 5. The molecule has 0 aliphatic heterocycles. The number of fused-ring (bicyclic) bond motifs is 2. The number of nitro benzene ring substituents is 1. The number of nitro groups is 1. The van der Waals surface area contributed by atoms with Crippen molar-refractivity contribution in [2.45, 2.75) is 0 Å². The van der Waals surface area contributed by atoms with Crippen LogP contribution in [0.3, 0.4) is 0 Å². The molecule has 0 atom stereocenters. The first-order valence-electron chi connectivity index (χ1n) is 17.2. The highest BCUT2D eigenvalue weighted by atomic mass is 32.1. The molecule has 0 aliphatic carbocycles. The highest BCUT2D eigenvalue weighted by molar-refractivity contribution is 7.18. The summed E-state index contributed by atoms with van der Waals surface area (Å²) in [7, 11) is 7.95. The third kappa shape index (κ3) is 8.13. The van der Waals surface area contributed by atoms with Gasteiger partial charge in [-0.2, -0.15) is 0 Å². The fourth-order valence-electron chi connectivity index (χ4n) is 5.89. The molecule has 294 valence electrons. The summed E-state index contributed by atoms with van der Waals surface area (Å²) in [6.07, 6.45) is 5.23. The standard InChI is InChI=1S/C20H17N5O4S.C20H18N4O3S/c1-28-16-6-4-12(8-17(16)29-2)23-20-22-9-18-19(24-20)13(10-30-18)11-3-5-14(21)15(7-11)25(26)27;1-25-15-7-6-12(9-16(15)26-2)23-20-22-10-17-18(24-20)14(11-28-17)13-5-4-8-21-19(13)27-3/h3-10H,21H2,1-2H3,(H,22,23,24);4-11H,1-3H3,(H,22,23,24). The van der Waals surface area contributed by atoms with Gasteiger partial charge in [-0.3, -0.25) is 10.1 Å². The Hall–Kier alpha value is -7.31. The number of nitrogens with two attached hydrogens (primary N) is 1. The van der Waals surface area contributed by atoms with E-state index in [1.807, 2.05) is 53.4 Å². The summed E-state index contributed by atoms with van der Waals surface area (Å²) in [5.74, 6) is 3.92. The third-order valence-corrected chi connectivity index (χ3v) is 10.5. The third-order valence-electron chi connectivity index (χ3n) is 8.70. The lowest BCUT2D eigenvalue weighted by Crippen LogP contribution is -1.98. The molecular weight excluding hydrogens is 783 g/mol. The van der Waals surface area contributed by atoms with Gasteiger partial charge < -0.3 is 40.1 Å². The number of pyridine rings is 1. The molecule has 0 spiro atoms. The van der Waals surface area contributed by atoms with Crippen molar-refractivity contribution in [3.8, 4) is 51.1 Å². The zero-order valence-electron chi connectivity index (χ0n) is 31.7. The summed E-state index contributed by atoms with van der Waals surface area (Å²) in [6.45, 7) is 0. The molecule has 16 nitrogen and oxygen atoms in total. The monoisotopic (exact) mass is 817 g/mol. The van der Waals surface area contributed by atoms with E-state index in [1.54, 1.807) is 77.5 Å². The smallest absolute Gasteiger partial charge is 0.292 e. The average molecular weight is 818 g/mol. The SMILES string of the molecule is COc1ccc(Nc2ncc3scc(-c4ccc(N)c([N+](=O)[O-])c4)c3n2)cc1OC.COc1ccc(Nc2ncc3scc(-c4cccnc4OC)c3n2)cc1OC. The normalized spacial score (nSPS) is 10.7. The number of methoxy groups -OCH3 is 5. The molecule has 3 aromatic carbocycles. The molecule has 5 aromatic heterocycles. The average Bonchev–Trinajstić information content (AvgIpc) is 3.88. The molecule has 0 unspecified atom stereocenters. The van der Waals surface area contributed by atoms with Gasteiger partial charge in [0.2, 0.25) is 17.8 Å². The minimum Gasteiger partial charge on any atom is -0.493 e. The van der Waals surface area contributed by atoms with E-state index < -0.39 is 4.92 Å². The number of hydrogen-bond acceptors (Lipinski definition) is 17. The largest absolute Gasteiger partial charge is 0.493 e. The van der Waals surface area contributed by atoms with E-state index in [2.05, 4.69) is 30.6 Å². The molecule has 0 amide bonds. The van der Waals surface area contributed by atoms with Crippen molar-refractivity contribution >= 4 is 77.8 Å². The van der Waals surface area contributed by atoms with Gasteiger partial charge in [-0.25, -0.2) is 24.9 Å². The Morgan fingerprint density at radius 3 is 1.72 bits per heavy atom. The first kappa shape index (κ1) is 38.9. The van der Waals surface area contributed by atoms with Gasteiger partial charge in [-0.15, -0.1) is 22.7 Å². The number of anilines is 5. The molecule has 0 radical (unpaired) electrons. The van der Waals surface area contributed by atoms with Crippen LogP contribution in [0.5, 0.6) is 28.9 Å². The Labute approximate surface area is 339 Å². The van der Waals surface area contributed by atoms with Crippen LogP contribution in [0.25, 0.3) is 42.7 Å². The van der Waals surface area contributed by atoms with Gasteiger partial charge in [0.15, 0.2) is 23.0 Å². The number of nitrogens with zero attached hydrogens (tertiary/aromatic N) is 6. The molecule has 0 aliphatic rings. The maximum Gasteiger partial charge on any atom is 0.292 e. The van der Waals surface area contributed by atoms with Gasteiger partial charge >= 0.3 is 0 Å². The summed E-state index contributed by atoms with van der Waals surface area (Å²) < 4.78 is 28.4. The van der Waals surface area contributed by atoms with Crippen LogP contribution in [0, 0.1) is 10.1 Å². The zero-order valence-corrected chi connectivity index (χ0v) is 33.3. The van der Waals surface area contributed by atoms with E-state index in [0.29, 0.717) is 51.9 Å². The van der Waals surface area contributed by atoms with Crippen LogP contribution in [-0.4, -0.2) is 65.4 Å². The predicted octanol–water partition coefficient (Wildman–Crippen LogP) is 9.13. The lowest BCUT2D eigenvalue weighted by atomic mass is 10.1. The molecule has 58 heavy (non-hydrogen) atoms. The number of nitrogen functional groups attached to an aromatic ring is 1. The summed E-state index contributed by atoms with van der Waals surface area (Å²) in [6, 6.07) is 19.5. The van der Waals surface area contributed by atoms with Crippen LogP contribution < -0.4 is 40.1 Å².